The quantitative estimate of drug-likeness (QED) is 0.677. The van der Waals surface area contributed by atoms with Crippen molar-refractivity contribution in [2.24, 2.45) is 0 Å². The van der Waals surface area contributed by atoms with Gasteiger partial charge in [-0.2, -0.15) is 13.2 Å². The number of carboxylic acids is 1. The predicted octanol–water partition coefficient (Wildman–Crippen LogP) is 3.66. The fourth-order valence-corrected chi connectivity index (χ4v) is 2.54. The Morgan fingerprint density at radius 1 is 1.35 bits per heavy atom. The largest absolute Gasteiger partial charge is 0.481 e. The summed E-state index contributed by atoms with van der Waals surface area (Å²) in [6, 6.07) is 3.34. The van der Waals surface area contributed by atoms with E-state index in [-0.39, 0.29) is 5.57 Å². The van der Waals surface area contributed by atoms with E-state index < -0.39 is 36.2 Å². The molecule has 0 aliphatic heterocycles. The van der Waals surface area contributed by atoms with Crippen molar-refractivity contribution in [3.63, 3.8) is 0 Å². The van der Waals surface area contributed by atoms with Crippen LogP contribution < -0.4 is 0 Å². The molecular formula is C16H15F3O4. The first-order valence-electron chi connectivity index (χ1n) is 6.99. The highest BCUT2D eigenvalue weighted by atomic mass is 19.4. The Morgan fingerprint density at radius 2 is 2.04 bits per heavy atom. The van der Waals surface area contributed by atoms with Crippen molar-refractivity contribution < 1.29 is 32.6 Å². The molecule has 1 N–H and O–H groups in total. The summed E-state index contributed by atoms with van der Waals surface area (Å²) >= 11 is 0. The first-order chi connectivity index (χ1) is 10.7. The molecule has 0 fully saturated rings. The highest BCUT2D eigenvalue weighted by Crippen LogP contribution is 2.37. The number of carboxylic acid groups (broad SMARTS) is 1. The molecule has 0 saturated carbocycles. The van der Waals surface area contributed by atoms with Crippen LogP contribution in [0.5, 0.6) is 0 Å². The second-order valence-corrected chi connectivity index (χ2v) is 5.37. The molecule has 1 aliphatic carbocycles. The van der Waals surface area contributed by atoms with Crippen LogP contribution in [-0.4, -0.2) is 17.0 Å². The molecule has 1 aromatic rings. The van der Waals surface area contributed by atoms with Crippen LogP contribution in [-0.2, 0) is 26.9 Å². The van der Waals surface area contributed by atoms with Gasteiger partial charge in [0.05, 0.1) is 12.0 Å². The number of fused-ring (bicyclic) bond motifs is 1. The minimum Gasteiger partial charge on any atom is -0.481 e. The van der Waals surface area contributed by atoms with Crippen LogP contribution >= 0.6 is 0 Å². The lowest BCUT2D eigenvalue weighted by Crippen LogP contribution is -2.19. The number of benzene rings is 1. The van der Waals surface area contributed by atoms with Crippen molar-refractivity contribution in [2.75, 3.05) is 0 Å². The maximum atomic E-state index is 12.7. The summed E-state index contributed by atoms with van der Waals surface area (Å²) in [5.41, 5.74) is 0.0866. The van der Waals surface area contributed by atoms with Gasteiger partial charge in [-0.15, -0.1) is 0 Å². The molecule has 124 valence electrons. The molecule has 2 rings (SSSR count). The lowest BCUT2D eigenvalue weighted by Gasteiger charge is -2.26. The maximum absolute atomic E-state index is 12.7. The number of ether oxygens (including phenoxy) is 1. The Kier molecular flexibility index (Phi) is 4.77. The van der Waals surface area contributed by atoms with Crippen LogP contribution in [0.3, 0.4) is 0 Å². The number of rotatable bonds is 4. The molecule has 23 heavy (non-hydrogen) atoms. The number of carbonyl (C=O) groups is 2. The molecule has 0 spiro atoms. The normalized spacial score (nSPS) is 17.3. The van der Waals surface area contributed by atoms with Crippen LogP contribution in [0, 0.1) is 0 Å². The molecule has 0 amide bonds. The summed E-state index contributed by atoms with van der Waals surface area (Å²) in [6.45, 7) is 3.36. The van der Waals surface area contributed by atoms with Crippen LogP contribution in [0.4, 0.5) is 13.2 Å². The molecule has 4 nitrogen and oxygen atoms in total. The number of hydrogen-bond donors (Lipinski definition) is 1. The fraction of sp³-hybridized carbons (Fsp3) is 0.375. The van der Waals surface area contributed by atoms with Crippen molar-refractivity contribution >= 4 is 11.9 Å². The molecular weight excluding hydrogens is 313 g/mol. The number of aryl methyl sites for hydroxylation is 1. The molecule has 0 aromatic heterocycles. The van der Waals surface area contributed by atoms with E-state index in [1.807, 2.05) is 0 Å². The zero-order valence-electron chi connectivity index (χ0n) is 12.2. The van der Waals surface area contributed by atoms with Crippen LogP contribution in [0.25, 0.3) is 0 Å². The monoisotopic (exact) mass is 328 g/mol. The summed E-state index contributed by atoms with van der Waals surface area (Å²) < 4.78 is 43.4. The van der Waals surface area contributed by atoms with Crippen molar-refractivity contribution in [3.8, 4) is 0 Å². The smallest absolute Gasteiger partial charge is 0.416 e. The molecule has 1 aliphatic rings. The Morgan fingerprint density at radius 3 is 2.65 bits per heavy atom. The third kappa shape index (κ3) is 4.12. The average Bonchev–Trinajstić information content (AvgIpc) is 2.45. The lowest BCUT2D eigenvalue weighted by atomic mass is 9.88. The zero-order valence-corrected chi connectivity index (χ0v) is 12.2. The average molecular weight is 328 g/mol. The van der Waals surface area contributed by atoms with Gasteiger partial charge >= 0.3 is 18.1 Å². The number of carbonyl (C=O) groups excluding carboxylic acids is 1. The van der Waals surface area contributed by atoms with Gasteiger partial charge in [0.2, 0.25) is 0 Å². The van der Waals surface area contributed by atoms with Gasteiger partial charge in [0, 0.05) is 5.57 Å². The third-order valence-electron chi connectivity index (χ3n) is 3.63. The number of halogens is 3. The summed E-state index contributed by atoms with van der Waals surface area (Å²) in [6.07, 6.45) is -4.11. The topological polar surface area (TPSA) is 63.6 Å². The molecule has 0 saturated heterocycles. The molecule has 1 unspecified atom stereocenters. The SMILES string of the molecule is C=C(CC(=O)O)C(=O)OC1CCCc2cc(C(F)(F)F)ccc21. The highest BCUT2D eigenvalue weighted by Gasteiger charge is 2.33. The van der Waals surface area contributed by atoms with E-state index >= 15 is 0 Å². The number of alkyl halides is 3. The number of aliphatic carboxylic acids is 1. The van der Waals surface area contributed by atoms with Gasteiger partial charge in [0.15, 0.2) is 0 Å². The van der Waals surface area contributed by atoms with E-state index in [1.165, 1.54) is 6.07 Å². The van der Waals surface area contributed by atoms with Gasteiger partial charge in [0.25, 0.3) is 0 Å². The summed E-state index contributed by atoms with van der Waals surface area (Å²) in [5.74, 6) is -2.05. The van der Waals surface area contributed by atoms with E-state index in [0.29, 0.717) is 30.4 Å². The van der Waals surface area contributed by atoms with Gasteiger partial charge in [-0.1, -0.05) is 12.6 Å². The van der Waals surface area contributed by atoms with Gasteiger partial charge < -0.3 is 9.84 Å². The molecule has 0 heterocycles. The first-order valence-corrected chi connectivity index (χ1v) is 6.99. The minimum absolute atomic E-state index is 0.198. The predicted molar refractivity (Wildman–Crippen MR) is 74.6 cm³/mol. The van der Waals surface area contributed by atoms with Gasteiger partial charge in [-0.25, -0.2) is 4.79 Å². The second kappa shape index (κ2) is 6.44. The maximum Gasteiger partial charge on any atom is 0.416 e. The van der Waals surface area contributed by atoms with E-state index in [9.17, 15) is 22.8 Å². The van der Waals surface area contributed by atoms with Crippen molar-refractivity contribution in [1.29, 1.82) is 0 Å². The van der Waals surface area contributed by atoms with Gasteiger partial charge in [-0.05, 0) is 42.5 Å². The Balaban J connectivity index is 2.17. The Bertz CT molecular complexity index is 649. The number of esters is 1. The second-order valence-electron chi connectivity index (χ2n) is 5.37. The highest BCUT2D eigenvalue weighted by molar-refractivity contribution is 5.92. The number of hydrogen-bond acceptors (Lipinski definition) is 3. The van der Waals surface area contributed by atoms with Crippen LogP contribution in [0.2, 0.25) is 0 Å². The molecule has 1 atom stereocenters. The molecule has 0 bridgehead atoms. The summed E-state index contributed by atoms with van der Waals surface area (Å²) in [4.78, 5) is 22.4. The van der Waals surface area contributed by atoms with E-state index in [1.54, 1.807) is 0 Å². The van der Waals surface area contributed by atoms with Crippen molar-refractivity contribution in [2.45, 2.75) is 38.0 Å². The molecule has 7 heteroatoms. The zero-order chi connectivity index (χ0) is 17.2. The van der Waals surface area contributed by atoms with Gasteiger partial charge in [-0.3, -0.25) is 4.79 Å². The fourth-order valence-electron chi connectivity index (χ4n) is 2.54. The van der Waals surface area contributed by atoms with E-state index in [2.05, 4.69) is 6.58 Å². The lowest BCUT2D eigenvalue weighted by molar-refractivity contribution is -0.147. The van der Waals surface area contributed by atoms with Crippen molar-refractivity contribution in [3.05, 3.63) is 47.0 Å². The molecule has 0 radical (unpaired) electrons. The first kappa shape index (κ1) is 17.1. The van der Waals surface area contributed by atoms with Crippen LogP contribution in [0.1, 0.15) is 42.1 Å². The van der Waals surface area contributed by atoms with Crippen LogP contribution in [0.15, 0.2) is 30.4 Å². The summed E-state index contributed by atoms with van der Waals surface area (Å²) in [5, 5.41) is 8.63. The van der Waals surface area contributed by atoms with E-state index in [0.717, 1.165) is 12.1 Å². The standard InChI is InChI=1S/C16H15F3O4/c1-9(7-14(20)21)15(22)23-13-4-2-3-10-8-11(16(17,18)19)5-6-12(10)13/h5-6,8,13H,1-4,7H2,(H,20,21). The Hall–Kier alpha value is -2.31. The summed E-state index contributed by atoms with van der Waals surface area (Å²) in [7, 11) is 0. The Labute approximate surface area is 130 Å². The van der Waals surface area contributed by atoms with Crippen molar-refractivity contribution in [1.82, 2.24) is 0 Å². The molecule has 1 aromatic carbocycles. The third-order valence-corrected chi connectivity index (χ3v) is 3.63. The van der Waals surface area contributed by atoms with E-state index in [4.69, 9.17) is 9.84 Å². The van der Waals surface area contributed by atoms with Gasteiger partial charge in [0.1, 0.15) is 6.10 Å². The minimum atomic E-state index is -4.42.